The van der Waals surface area contributed by atoms with E-state index in [-0.39, 0.29) is 12.4 Å². The lowest BCUT2D eigenvalue weighted by Crippen LogP contribution is -2.42. The molecule has 0 aromatic heterocycles. The minimum absolute atomic E-state index is 0.246. The Kier molecular flexibility index (Phi) is 5.17. The maximum Gasteiger partial charge on any atom is 0.138 e. The van der Waals surface area contributed by atoms with Gasteiger partial charge in [-0.1, -0.05) is 24.3 Å². The Bertz CT molecular complexity index is 507. The Morgan fingerprint density at radius 2 is 2.00 bits per heavy atom. The molecule has 1 heterocycles. The van der Waals surface area contributed by atoms with Crippen LogP contribution in [0.2, 0.25) is 0 Å². The molecule has 1 N–H and O–H groups in total. The largest absolute Gasteiger partial charge is 0.384 e. The molecule has 2 nitrogen and oxygen atoms in total. The molecule has 1 aliphatic heterocycles. The topological polar surface area (TPSA) is 23.5 Å². The van der Waals surface area contributed by atoms with Crippen LogP contribution in [0, 0.1) is 17.7 Å². The van der Waals surface area contributed by atoms with Crippen LogP contribution in [0.25, 0.3) is 0 Å². The van der Waals surface area contributed by atoms with Crippen molar-refractivity contribution >= 4 is 0 Å². The van der Waals surface area contributed by atoms with Crippen LogP contribution in [0.3, 0.4) is 0 Å². The predicted molar refractivity (Wildman–Crippen MR) is 78.7 cm³/mol. The number of hydrogen-bond donors (Lipinski definition) is 1. The average Bonchev–Trinajstić information content (AvgIpc) is 2.43. The lowest BCUT2D eigenvalue weighted by Gasteiger charge is -2.39. The van der Waals surface area contributed by atoms with Crippen LogP contribution in [0.5, 0.6) is 0 Å². The first-order valence-corrected chi connectivity index (χ1v) is 7.25. The van der Waals surface area contributed by atoms with E-state index in [4.69, 9.17) is 5.11 Å². The van der Waals surface area contributed by atoms with Crippen molar-refractivity contribution in [2.24, 2.45) is 0 Å². The molecule has 0 spiro atoms. The zero-order valence-electron chi connectivity index (χ0n) is 12.2. The van der Waals surface area contributed by atoms with Crippen molar-refractivity contribution in [1.29, 1.82) is 0 Å². The number of benzene rings is 1. The highest BCUT2D eigenvalue weighted by Crippen LogP contribution is 2.25. The van der Waals surface area contributed by atoms with Gasteiger partial charge < -0.3 is 5.11 Å². The van der Waals surface area contributed by atoms with Crippen LogP contribution in [-0.4, -0.2) is 28.7 Å². The smallest absolute Gasteiger partial charge is 0.138 e. The van der Waals surface area contributed by atoms with Crippen molar-refractivity contribution in [2.75, 3.05) is 6.61 Å². The molecule has 1 aromatic rings. The van der Waals surface area contributed by atoms with Gasteiger partial charge in [-0.25, -0.2) is 4.39 Å². The van der Waals surface area contributed by atoms with E-state index in [0.717, 1.165) is 12.1 Å². The number of likely N-dealkylation sites (tertiary alicyclic amines) is 1. The summed E-state index contributed by atoms with van der Waals surface area (Å²) < 4.78 is 13.6. The number of rotatable bonds is 2. The van der Waals surface area contributed by atoms with Crippen molar-refractivity contribution in [3.8, 4) is 11.8 Å². The minimum atomic E-state index is -0.325. The predicted octanol–water partition coefficient (Wildman–Crippen LogP) is 2.93. The molecule has 108 valence electrons. The Morgan fingerprint density at radius 3 is 2.65 bits per heavy atom. The molecule has 0 aliphatic carbocycles. The number of nitrogens with zero attached hydrogens (tertiary/aromatic N) is 1. The molecule has 1 fully saturated rings. The van der Waals surface area contributed by atoms with Gasteiger partial charge in [0, 0.05) is 18.6 Å². The number of piperidine rings is 1. The molecule has 2 rings (SSSR count). The first-order valence-electron chi connectivity index (χ1n) is 7.25. The summed E-state index contributed by atoms with van der Waals surface area (Å²) in [6.07, 6.45) is 3.74. The summed E-state index contributed by atoms with van der Waals surface area (Å²) >= 11 is 0. The maximum absolute atomic E-state index is 13.6. The van der Waals surface area contributed by atoms with Gasteiger partial charge in [0.25, 0.3) is 0 Å². The van der Waals surface area contributed by atoms with E-state index in [9.17, 15) is 4.39 Å². The van der Waals surface area contributed by atoms with Crippen LogP contribution < -0.4 is 0 Å². The van der Waals surface area contributed by atoms with E-state index in [1.54, 1.807) is 6.07 Å². The number of aliphatic hydroxyl groups excluding tert-OH is 1. The summed E-state index contributed by atoms with van der Waals surface area (Å²) in [5.41, 5.74) is 1.45. The fourth-order valence-electron chi connectivity index (χ4n) is 2.90. The van der Waals surface area contributed by atoms with Gasteiger partial charge in [-0.2, -0.15) is 0 Å². The van der Waals surface area contributed by atoms with E-state index >= 15 is 0 Å². The number of aliphatic hydroxyl groups is 1. The molecule has 0 radical (unpaired) electrons. The first kappa shape index (κ1) is 15.0. The van der Waals surface area contributed by atoms with Gasteiger partial charge in [-0.15, -0.1) is 0 Å². The van der Waals surface area contributed by atoms with Crippen LogP contribution in [0.15, 0.2) is 18.2 Å². The molecule has 2 atom stereocenters. The normalized spacial score (nSPS) is 23.2. The van der Waals surface area contributed by atoms with Crippen molar-refractivity contribution in [2.45, 2.75) is 51.7 Å². The molecular formula is C17H22FNO. The monoisotopic (exact) mass is 275 g/mol. The highest BCUT2D eigenvalue weighted by molar-refractivity contribution is 5.38. The summed E-state index contributed by atoms with van der Waals surface area (Å²) in [6, 6.07) is 6.22. The summed E-state index contributed by atoms with van der Waals surface area (Å²) in [6.45, 7) is 5.09. The van der Waals surface area contributed by atoms with Gasteiger partial charge in [0.15, 0.2) is 0 Å². The zero-order valence-corrected chi connectivity index (χ0v) is 12.2. The second-order valence-electron chi connectivity index (χ2n) is 5.58. The molecule has 1 aliphatic rings. The lowest BCUT2D eigenvalue weighted by molar-refractivity contribution is 0.0952. The minimum Gasteiger partial charge on any atom is -0.384 e. The molecule has 20 heavy (non-hydrogen) atoms. The molecule has 0 bridgehead atoms. The fraction of sp³-hybridized carbons (Fsp3) is 0.529. The standard InChI is InChI=1S/C17H22FNO/c1-13-5-3-6-14(2)19(13)12-15-8-9-17(18)16(11-15)7-4-10-20/h8-9,11,13-14,20H,3,5-6,10,12H2,1-2H3. The summed E-state index contributed by atoms with van der Waals surface area (Å²) in [5.74, 6) is 4.85. The third-order valence-corrected chi connectivity index (χ3v) is 4.07. The lowest BCUT2D eigenvalue weighted by atomic mass is 9.96. The highest BCUT2D eigenvalue weighted by atomic mass is 19.1. The second kappa shape index (κ2) is 6.88. The molecule has 1 aromatic carbocycles. The van der Waals surface area contributed by atoms with Crippen molar-refractivity contribution in [3.05, 3.63) is 35.1 Å². The van der Waals surface area contributed by atoms with Crippen LogP contribution >= 0.6 is 0 Å². The molecule has 0 amide bonds. The van der Waals surface area contributed by atoms with E-state index in [1.165, 1.54) is 25.3 Å². The Hall–Kier alpha value is -1.37. The van der Waals surface area contributed by atoms with Crippen LogP contribution in [0.4, 0.5) is 4.39 Å². The van der Waals surface area contributed by atoms with Crippen LogP contribution in [0.1, 0.15) is 44.2 Å². The van der Waals surface area contributed by atoms with Gasteiger partial charge in [-0.3, -0.25) is 4.90 Å². The third kappa shape index (κ3) is 3.59. The summed E-state index contributed by atoms with van der Waals surface area (Å²) in [7, 11) is 0. The Balaban J connectivity index is 2.16. The van der Waals surface area contributed by atoms with Crippen LogP contribution in [-0.2, 0) is 6.54 Å². The Morgan fingerprint density at radius 1 is 1.30 bits per heavy atom. The molecule has 2 unspecified atom stereocenters. The summed E-state index contributed by atoms with van der Waals surface area (Å²) in [5, 5.41) is 8.71. The molecule has 3 heteroatoms. The quantitative estimate of drug-likeness (QED) is 0.839. The van der Waals surface area contributed by atoms with Gasteiger partial charge in [0.05, 0.1) is 5.56 Å². The van der Waals surface area contributed by atoms with E-state index in [1.807, 2.05) is 6.07 Å². The van der Waals surface area contributed by atoms with Gasteiger partial charge in [0.1, 0.15) is 12.4 Å². The van der Waals surface area contributed by atoms with Gasteiger partial charge >= 0.3 is 0 Å². The van der Waals surface area contributed by atoms with Gasteiger partial charge in [0.2, 0.25) is 0 Å². The van der Waals surface area contributed by atoms with Gasteiger partial charge in [-0.05, 0) is 44.4 Å². The third-order valence-electron chi connectivity index (χ3n) is 4.07. The molecule has 1 saturated heterocycles. The van der Waals surface area contributed by atoms with Crippen molar-refractivity contribution < 1.29 is 9.50 Å². The first-order chi connectivity index (χ1) is 9.61. The van der Waals surface area contributed by atoms with E-state index < -0.39 is 0 Å². The van der Waals surface area contributed by atoms with E-state index in [2.05, 4.69) is 30.6 Å². The summed E-state index contributed by atoms with van der Waals surface area (Å²) in [4.78, 5) is 2.47. The molecular weight excluding hydrogens is 253 g/mol. The number of hydrogen-bond acceptors (Lipinski definition) is 2. The van der Waals surface area contributed by atoms with E-state index in [0.29, 0.717) is 17.6 Å². The van der Waals surface area contributed by atoms with Crippen molar-refractivity contribution in [3.63, 3.8) is 0 Å². The highest BCUT2D eigenvalue weighted by Gasteiger charge is 2.24. The van der Waals surface area contributed by atoms with Crippen molar-refractivity contribution in [1.82, 2.24) is 4.90 Å². The molecule has 0 saturated carbocycles. The fourth-order valence-corrected chi connectivity index (χ4v) is 2.90. The maximum atomic E-state index is 13.6. The number of halogens is 1. The zero-order chi connectivity index (χ0) is 14.5. The Labute approximate surface area is 120 Å². The SMILES string of the molecule is CC1CCCC(C)N1Cc1ccc(F)c(C#CCO)c1. The second-order valence-corrected chi connectivity index (χ2v) is 5.58. The average molecular weight is 275 g/mol.